The highest BCUT2D eigenvalue weighted by molar-refractivity contribution is 5.89. The lowest BCUT2D eigenvalue weighted by molar-refractivity contribution is -0.137. The number of benzene rings is 1. The second-order valence-corrected chi connectivity index (χ2v) is 3.52. The molecule has 1 rings (SSSR count). The van der Waals surface area contributed by atoms with Crippen LogP contribution < -0.4 is 10.6 Å². The van der Waals surface area contributed by atoms with Crippen molar-refractivity contribution in [3.63, 3.8) is 0 Å². The third-order valence-electron chi connectivity index (χ3n) is 2.01. The molecule has 0 saturated carbocycles. The van der Waals surface area contributed by atoms with Gasteiger partial charge in [0.1, 0.15) is 6.04 Å². The summed E-state index contributed by atoms with van der Waals surface area (Å²) >= 11 is 0. The van der Waals surface area contributed by atoms with E-state index in [0.717, 1.165) is 24.3 Å². The highest BCUT2D eigenvalue weighted by Crippen LogP contribution is 2.29. The molecule has 1 aromatic carbocycles. The number of halogens is 3. The molecule has 0 aliphatic carbocycles. The molecule has 0 spiro atoms. The predicted octanol–water partition coefficient (Wildman–Crippen LogP) is 2.74. The van der Waals surface area contributed by atoms with Gasteiger partial charge in [0, 0.05) is 5.69 Å². The number of hydrogen-bond acceptors (Lipinski definition) is 2. The van der Waals surface area contributed by atoms with Crippen LogP contribution in [0.1, 0.15) is 12.5 Å². The van der Waals surface area contributed by atoms with Gasteiger partial charge in [-0.1, -0.05) is 0 Å². The highest BCUT2D eigenvalue weighted by atomic mass is 19.4. The lowest BCUT2D eigenvalue weighted by atomic mass is 10.2. The Morgan fingerprint density at radius 3 is 2.33 bits per heavy atom. The summed E-state index contributed by atoms with van der Waals surface area (Å²) in [6.07, 6.45) is -4.41. The van der Waals surface area contributed by atoms with Crippen molar-refractivity contribution in [2.75, 3.05) is 5.32 Å². The average molecular weight is 257 g/mol. The zero-order chi connectivity index (χ0) is 13.8. The minimum Gasteiger partial charge on any atom is -0.322 e. The fourth-order valence-corrected chi connectivity index (χ4v) is 1.14. The molecule has 7 heteroatoms. The molecule has 2 amide bonds. The van der Waals surface area contributed by atoms with Crippen LogP contribution in [0, 0.1) is 11.3 Å². The van der Waals surface area contributed by atoms with Crippen LogP contribution >= 0.6 is 0 Å². The van der Waals surface area contributed by atoms with Gasteiger partial charge in [0.05, 0.1) is 11.6 Å². The van der Waals surface area contributed by atoms with Crippen LogP contribution in [0.5, 0.6) is 0 Å². The van der Waals surface area contributed by atoms with E-state index in [0.29, 0.717) is 0 Å². The number of nitriles is 1. The fraction of sp³-hybridized carbons (Fsp3) is 0.273. The molecule has 0 bridgehead atoms. The van der Waals surface area contributed by atoms with Crippen molar-refractivity contribution in [1.82, 2.24) is 5.32 Å². The standard InChI is InChI=1S/C11H10F3N3O/c1-7(6-15)16-10(18)17-9-4-2-8(3-5-9)11(12,13)14/h2-5,7H,1H3,(H2,16,17,18). The molecule has 1 aromatic rings. The van der Waals surface area contributed by atoms with Gasteiger partial charge in [-0.3, -0.25) is 0 Å². The Morgan fingerprint density at radius 2 is 1.89 bits per heavy atom. The lowest BCUT2D eigenvalue weighted by Gasteiger charge is -2.10. The molecule has 0 radical (unpaired) electrons. The van der Waals surface area contributed by atoms with Gasteiger partial charge in [-0.2, -0.15) is 18.4 Å². The van der Waals surface area contributed by atoms with Crippen LogP contribution in [-0.2, 0) is 6.18 Å². The Hall–Kier alpha value is -2.23. The highest BCUT2D eigenvalue weighted by Gasteiger charge is 2.29. The molecule has 18 heavy (non-hydrogen) atoms. The zero-order valence-electron chi connectivity index (χ0n) is 9.38. The summed E-state index contributed by atoms with van der Waals surface area (Å²) < 4.78 is 36.8. The average Bonchev–Trinajstić information content (AvgIpc) is 2.28. The molecule has 4 nitrogen and oxygen atoms in total. The number of nitrogens with zero attached hydrogens (tertiary/aromatic N) is 1. The van der Waals surface area contributed by atoms with Gasteiger partial charge < -0.3 is 10.6 Å². The second kappa shape index (κ2) is 5.40. The molecule has 2 N–H and O–H groups in total. The monoisotopic (exact) mass is 257 g/mol. The van der Waals surface area contributed by atoms with Crippen LogP contribution in [0.25, 0.3) is 0 Å². The Balaban J connectivity index is 2.65. The quantitative estimate of drug-likeness (QED) is 0.855. The summed E-state index contributed by atoms with van der Waals surface area (Å²) in [7, 11) is 0. The van der Waals surface area contributed by atoms with Crippen LogP contribution in [0.2, 0.25) is 0 Å². The van der Waals surface area contributed by atoms with Gasteiger partial charge >= 0.3 is 12.2 Å². The van der Waals surface area contributed by atoms with E-state index in [4.69, 9.17) is 5.26 Å². The van der Waals surface area contributed by atoms with Gasteiger partial charge in [-0.05, 0) is 31.2 Å². The van der Waals surface area contributed by atoms with Crippen LogP contribution in [0.15, 0.2) is 24.3 Å². The van der Waals surface area contributed by atoms with Gasteiger partial charge in [0.2, 0.25) is 0 Å². The summed E-state index contributed by atoms with van der Waals surface area (Å²) in [4.78, 5) is 11.3. The maximum absolute atomic E-state index is 12.3. The maximum Gasteiger partial charge on any atom is 0.416 e. The third-order valence-corrected chi connectivity index (χ3v) is 2.01. The number of hydrogen-bond donors (Lipinski definition) is 2. The van der Waals surface area contributed by atoms with Gasteiger partial charge in [-0.25, -0.2) is 4.79 Å². The second-order valence-electron chi connectivity index (χ2n) is 3.52. The third kappa shape index (κ3) is 3.97. The molecule has 96 valence electrons. The SMILES string of the molecule is CC(C#N)NC(=O)Nc1ccc(C(F)(F)F)cc1. The Labute approximate surface area is 101 Å². The van der Waals surface area contributed by atoms with Crippen LogP contribution in [0.3, 0.4) is 0 Å². The number of amides is 2. The number of anilines is 1. The van der Waals surface area contributed by atoms with Gasteiger partial charge in [0.15, 0.2) is 0 Å². The van der Waals surface area contributed by atoms with E-state index < -0.39 is 23.8 Å². The Morgan fingerprint density at radius 1 is 1.33 bits per heavy atom. The zero-order valence-corrected chi connectivity index (χ0v) is 9.38. The topological polar surface area (TPSA) is 64.9 Å². The van der Waals surface area contributed by atoms with Crippen molar-refractivity contribution in [2.45, 2.75) is 19.1 Å². The Bertz CT molecular complexity index is 462. The molecular weight excluding hydrogens is 247 g/mol. The van der Waals surface area contributed by atoms with E-state index >= 15 is 0 Å². The first-order valence-electron chi connectivity index (χ1n) is 4.97. The number of rotatable bonds is 2. The number of alkyl halides is 3. The maximum atomic E-state index is 12.3. The summed E-state index contributed by atoms with van der Waals surface area (Å²) in [6.45, 7) is 1.48. The first-order valence-corrected chi connectivity index (χ1v) is 4.97. The van der Waals surface area contributed by atoms with Crippen LogP contribution in [-0.4, -0.2) is 12.1 Å². The smallest absolute Gasteiger partial charge is 0.322 e. The van der Waals surface area contributed by atoms with Crippen molar-refractivity contribution >= 4 is 11.7 Å². The molecule has 1 unspecified atom stereocenters. The van der Waals surface area contributed by atoms with Crippen molar-refractivity contribution < 1.29 is 18.0 Å². The van der Waals surface area contributed by atoms with E-state index in [-0.39, 0.29) is 5.69 Å². The summed E-state index contributed by atoms with van der Waals surface area (Å²) in [5, 5.41) is 13.1. The minimum absolute atomic E-state index is 0.214. The van der Waals surface area contributed by atoms with Crippen molar-refractivity contribution in [3.05, 3.63) is 29.8 Å². The summed E-state index contributed by atoms with van der Waals surface area (Å²) in [5.74, 6) is 0. The molecule has 0 aliphatic heterocycles. The molecule has 0 heterocycles. The molecule has 0 aliphatic rings. The number of carbonyl (C=O) groups is 1. The Kier molecular flexibility index (Phi) is 4.15. The number of carbonyl (C=O) groups excluding carboxylic acids is 1. The van der Waals surface area contributed by atoms with Gasteiger partial charge in [0.25, 0.3) is 0 Å². The van der Waals surface area contributed by atoms with Crippen LogP contribution in [0.4, 0.5) is 23.7 Å². The van der Waals surface area contributed by atoms with E-state index in [1.165, 1.54) is 6.92 Å². The molecule has 0 fully saturated rings. The van der Waals surface area contributed by atoms with E-state index in [1.54, 1.807) is 6.07 Å². The van der Waals surface area contributed by atoms with E-state index in [9.17, 15) is 18.0 Å². The first-order chi connectivity index (χ1) is 8.32. The fourth-order valence-electron chi connectivity index (χ4n) is 1.14. The van der Waals surface area contributed by atoms with E-state index in [1.807, 2.05) is 0 Å². The molecule has 0 aromatic heterocycles. The number of nitrogens with one attached hydrogen (secondary N) is 2. The molecular formula is C11H10F3N3O. The minimum atomic E-state index is -4.41. The summed E-state index contributed by atoms with van der Waals surface area (Å²) in [6, 6.07) is 4.47. The van der Waals surface area contributed by atoms with Gasteiger partial charge in [-0.15, -0.1) is 0 Å². The van der Waals surface area contributed by atoms with Crippen molar-refractivity contribution in [3.8, 4) is 6.07 Å². The first kappa shape index (κ1) is 13.8. The predicted molar refractivity (Wildman–Crippen MR) is 58.7 cm³/mol. The molecule has 1 atom stereocenters. The van der Waals surface area contributed by atoms with Crippen molar-refractivity contribution in [2.24, 2.45) is 0 Å². The van der Waals surface area contributed by atoms with E-state index in [2.05, 4.69) is 10.6 Å². The molecule has 0 saturated heterocycles. The number of urea groups is 1. The summed E-state index contributed by atoms with van der Waals surface area (Å²) in [5.41, 5.74) is -0.579. The normalized spacial score (nSPS) is 12.4. The van der Waals surface area contributed by atoms with Crippen molar-refractivity contribution in [1.29, 1.82) is 5.26 Å². The largest absolute Gasteiger partial charge is 0.416 e. The lowest BCUT2D eigenvalue weighted by Crippen LogP contribution is -2.35.